The molecule has 1 fully saturated rings. The molecule has 5 rings (SSSR count). The minimum absolute atomic E-state index is 0.0758. The molecule has 0 spiro atoms. The van der Waals surface area contributed by atoms with Crippen molar-refractivity contribution in [3.05, 3.63) is 95.6 Å². The summed E-state index contributed by atoms with van der Waals surface area (Å²) in [5, 5.41) is 12.5. The predicted molar refractivity (Wildman–Crippen MR) is 151 cm³/mol. The number of nitrogens with zero attached hydrogens (tertiary/aromatic N) is 1. The van der Waals surface area contributed by atoms with Gasteiger partial charge in [0.25, 0.3) is 0 Å². The van der Waals surface area contributed by atoms with E-state index in [1.54, 1.807) is 13.8 Å². The van der Waals surface area contributed by atoms with Crippen LogP contribution in [0.1, 0.15) is 36.5 Å². The Hall–Kier alpha value is -4.21. The lowest BCUT2D eigenvalue weighted by atomic mass is 9.98. The standard InChI is InChI=1S/C32H34N2O7/c1-20(40-18-22-10-4-3-5-11-22)28(30(35)34-16-17-39-21(2)29(34)31(36)37)33-32(38)41-19-27-25-14-8-6-12-23(25)24-13-7-9-15-26(24)27/h3-15,20-21,27-29H,16-19H2,1-2H3,(H,33,38)(H,36,37)/t20-,21?,28+,29?/m0/s1. The van der Waals surface area contributed by atoms with E-state index in [0.717, 1.165) is 27.8 Å². The Kier molecular flexibility index (Phi) is 8.66. The predicted octanol–water partition coefficient (Wildman–Crippen LogP) is 4.20. The number of carbonyl (C=O) groups excluding carboxylic acids is 2. The van der Waals surface area contributed by atoms with Gasteiger partial charge in [0.1, 0.15) is 12.6 Å². The lowest BCUT2D eigenvalue weighted by molar-refractivity contribution is -0.167. The molecule has 3 aromatic carbocycles. The number of hydrogen-bond acceptors (Lipinski definition) is 6. The summed E-state index contributed by atoms with van der Waals surface area (Å²) in [6.07, 6.45) is -2.27. The molecule has 0 aromatic heterocycles. The third kappa shape index (κ3) is 6.11. The minimum Gasteiger partial charge on any atom is -0.480 e. The van der Waals surface area contributed by atoms with Crippen LogP contribution in [0, 0.1) is 0 Å². The van der Waals surface area contributed by atoms with E-state index >= 15 is 0 Å². The summed E-state index contributed by atoms with van der Waals surface area (Å²) in [6.45, 7) is 3.84. The number of hydrogen-bond donors (Lipinski definition) is 2. The molecule has 1 aliphatic carbocycles. The Bertz CT molecular complexity index is 1350. The third-order valence-electron chi connectivity index (χ3n) is 7.74. The summed E-state index contributed by atoms with van der Waals surface area (Å²) in [6, 6.07) is 23.1. The topological polar surface area (TPSA) is 114 Å². The van der Waals surface area contributed by atoms with Crippen LogP contribution in [0.4, 0.5) is 4.79 Å². The summed E-state index contributed by atoms with van der Waals surface area (Å²) in [7, 11) is 0. The Morgan fingerprint density at radius 1 is 0.976 bits per heavy atom. The van der Waals surface area contributed by atoms with Gasteiger partial charge in [0, 0.05) is 12.5 Å². The molecule has 9 nitrogen and oxygen atoms in total. The third-order valence-corrected chi connectivity index (χ3v) is 7.74. The number of nitrogens with one attached hydrogen (secondary N) is 1. The number of fused-ring (bicyclic) bond motifs is 3. The molecule has 41 heavy (non-hydrogen) atoms. The molecule has 3 aromatic rings. The summed E-state index contributed by atoms with van der Waals surface area (Å²) in [4.78, 5) is 40.3. The van der Waals surface area contributed by atoms with Crippen LogP contribution in [0.3, 0.4) is 0 Å². The number of aliphatic carboxylic acids is 1. The van der Waals surface area contributed by atoms with Gasteiger partial charge in [-0.25, -0.2) is 9.59 Å². The molecule has 0 radical (unpaired) electrons. The van der Waals surface area contributed by atoms with Gasteiger partial charge in [0.2, 0.25) is 5.91 Å². The normalized spacial score (nSPS) is 19.5. The number of carboxylic acid groups (broad SMARTS) is 1. The highest BCUT2D eigenvalue weighted by atomic mass is 16.6. The van der Waals surface area contributed by atoms with E-state index in [0.29, 0.717) is 0 Å². The van der Waals surface area contributed by atoms with Crippen molar-refractivity contribution in [2.45, 2.75) is 50.7 Å². The van der Waals surface area contributed by atoms with Gasteiger partial charge in [0.05, 0.1) is 25.4 Å². The maximum Gasteiger partial charge on any atom is 0.407 e. The lowest BCUT2D eigenvalue weighted by Crippen LogP contribution is -2.63. The molecule has 1 aliphatic heterocycles. The summed E-state index contributed by atoms with van der Waals surface area (Å²) >= 11 is 0. The quantitative estimate of drug-likeness (QED) is 0.405. The van der Waals surface area contributed by atoms with E-state index in [2.05, 4.69) is 17.4 Å². The zero-order valence-corrected chi connectivity index (χ0v) is 23.1. The van der Waals surface area contributed by atoms with Crippen molar-refractivity contribution in [2.24, 2.45) is 0 Å². The number of alkyl carbamates (subject to hydrolysis) is 1. The van der Waals surface area contributed by atoms with Crippen LogP contribution >= 0.6 is 0 Å². The van der Waals surface area contributed by atoms with Crippen LogP contribution in [0.5, 0.6) is 0 Å². The fraction of sp³-hybridized carbons (Fsp3) is 0.344. The second-order valence-corrected chi connectivity index (χ2v) is 10.3. The first-order valence-corrected chi connectivity index (χ1v) is 13.8. The average molecular weight is 559 g/mol. The van der Waals surface area contributed by atoms with Crippen LogP contribution in [-0.4, -0.2) is 72.0 Å². The number of morpholine rings is 1. The van der Waals surface area contributed by atoms with E-state index in [9.17, 15) is 19.5 Å². The maximum absolute atomic E-state index is 13.8. The largest absolute Gasteiger partial charge is 0.480 e. The van der Waals surface area contributed by atoms with Crippen molar-refractivity contribution in [2.75, 3.05) is 19.8 Å². The molecular formula is C32H34N2O7. The van der Waals surface area contributed by atoms with Crippen molar-refractivity contribution in [3.63, 3.8) is 0 Å². The van der Waals surface area contributed by atoms with Crippen molar-refractivity contribution >= 4 is 18.0 Å². The molecule has 2 N–H and O–H groups in total. The smallest absolute Gasteiger partial charge is 0.407 e. The molecule has 1 saturated heterocycles. The van der Waals surface area contributed by atoms with Gasteiger partial charge in [0.15, 0.2) is 6.04 Å². The fourth-order valence-corrected chi connectivity index (χ4v) is 5.63. The van der Waals surface area contributed by atoms with E-state index in [1.807, 2.05) is 66.7 Å². The van der Waals surface area contributed by atoms with Gasteiger partial charge in [-0.3, -0.25) is 4.79 Å². The second kappa shape index (κ2) is 12.5. The van der Waals surface area contributed by atoms with Crippen molar-refractivity contribution in [3.8, 4) is 11.1 Å². The average Bonchev–Trinajstić information content (AvgIpc) is 3.31. The Morgan fingerprint density at radius 2 is 1.59 bits per heavy atom. The van der Waals surface area contributed by atoms with Gasteiger partial charge < -0.3 is 29.5 Å². The summed E-state index contributed by atoms with van der Waals surface area (Å²) in [5.74, 6) is -1.89. The van der Waals surface area contributed by atoms with Crippen molar-refractivity contribution < 1.29 is 33.7 Å². The van der Waals surface area contributed by atoms with E-state index < -0.39 is 42.3 Å². The van der Waals surface area contributed by atoms with E-state index in [1.165, 1.54) is 4.90 Å². The molecule has 214 valence electrons. The highest BCUT2D eigenvalue weighted by Gasteiger charge is 2.42. The summed E-state index contributed by atoms with van der Waals surface area (Å²) in [5.41, 5.74) is 5.25. The SMILES string of the molecule is CC1OCCN(C(=O)[C@H](NC(=O)OCC2c3ccccc3-c3ccccc32)[C@H](C)OCc2ccccc2)C1C(=O)O. The Morgan fingerprint density at radius 3 is 2.22 bits per heavy atom. The molecule has 4 atom stereocenters. The van der Waals surface area contributed by atoms with E-state index in [-0.39, 0.29) is 32.3 Å². The lowest BCUT2D eigenvalue weighted by Gasteiger charge is -2.39. The first kappa shape index (κ1) is 28.3. The van der Waals surface area contributed by atoms with Gasteiger partial charge in [-0.2, -0.15) is 0 Å². The molecule has 0 bridgehead atoms. The number of carboxylic acids is 1. The summed E-state index contributed by atoms with van der Waals surface area (Å²) < 4.78 is 17.2. The molecular weight excluding hydrogens is 524 g/mol. The number of amides is 2. The number of carbonyl (C=O) groups is 3. The van der Waals surface area contributed by atoms with Crippen LogP contribution in [0.2, 0.25) is 0 Å². The number of benzene rings is 3. The fourth-order valence-electron chi connectivity index (χ4n) is 5.63. The first-order chi connectivity index (χ1) is 19.8. The van der Waals surface area contributed by atoms with Gasteiger partial charge >= 0.3 is 12.1 Å². The van der Waals surface area contributed by atoms with Gasteiger partial charge in [-0.1, -0.05) is 78.9 Å². The van der Waals surface area contributed by atoms with Gasteiger partial charge in [-0.15, -0.1) is 0 Å². The highest BCUT2D eigenvalue weighted by Crippen LogP contribution is 2.44. The van der Waals surface area contributed by atoms with Crippen molar-refractivity contribution in [1.29, 1.82) is 0 Å². The van der Waals surface area contributed by atoms with Crippen LogP contribution in [0.15, 0.2) is 78.9 Å². The Balaban J connectivity index is 1.32. The number of ether oxygens (including phenoxy) is 3. The Labute approximate surface area is 239 Å². The monoisotopic (exact) mass is 558 g/mol. The minimum atomic E-state index is -1.19. The molecule has 2 aliphatic rings. The van der Waals surface area contributed by atoms with Gasteiger partial charge in [-0.05, 0) is 41.7 Å². The van der Waals surface area contributed by atoms with Crippen LogP contribution in [-0.2, 0) is 30.4 Å². The maximum atomic E-state index is 13.8. The molecule has 1 heterocycles. The first-order valence-electron chi connectivity index (χ1n) is 13.8. The molecule has 0 saturated carbocycles. The number of rotatable bonds is 9. The van der Waals surface area contributed by atoms with Crippen LogP contribution < -0.4 is 5.32 Å². The zero-order chi connectivity index (χ0) is 28.9. The van der Waals surface area contributed by atoms with Crippen molar-refractivity contribution in [1.82, 2.24) is 10.2 Å². The molecule has 9 heteroatoms. The second-order valence-electron chi connectivity index (χ2n) is 10.3. The van der Waals surface area contributed by atoms with Crippen LogP contribution in [0.25, 0.3) is 11.1 Å². The molecule has 2 unspecified atom stereocenters. The highest BCUT2D eigenvalue weighted by molar-refractivity contribution is 5.90. The molecule has 2 amide bonds. The zero-order valence-electron chi connectivity index (χ0n) is 23.1. The van der Waals surface area contributed by atoms with E-state index in [4.69, 9.17) is 14.2 Å².